The predicted molar refractivity (Wildman–Crippen MR) is 145 cm³/mol. The van der Waals surface area contributed by atoms with E-state index in [4.69, 9.17) is 19.9 Å². The van der Waals surface area contributed by atoms with Crippen LogP contribution in [0.25, 0.3) is 0 Å². The van der Waals surface area contributed by atoms with Crippen LogP contribution in [0.15, 0.2) is 97.2 Å². The van der Waals surface area contributed by atoms with Gasteiger partial charge in [0.25, 0.3) is 11.8 Å². The van der Waals surface area contributed by atoms with Crippen LogP contribution in [-0.2, 0) is 14.2 Å². The van der Waals surface area contributed by atoms with Crippen LogP contribution in [0.5, 0.6) is 0 Å². The van der Waals surface area contributed by atoms with E-state index >= 15 is 0 Å². The molecule has 2 amide bonds. The Kier molecular flexibility index (Phi) is 8.16. The van der Waals surface area contributed by atoms with Gasteiger partial charge in [-0.15, -0.1) is 0 Å². The van der Waals surface area contributed by atoms with Crippen molar-refractivity contribution < 1.29 is 33.4 Å². The van der Waals surface area contributed by atoms with Gasteiger partial charge in [-0.1, -0.05) is 54.6 Å². The summed E-state index contributed by atoms with van der Waals surface area (Å²) in [6.45, 7) is -0.321. The second kappa shape index (κ2) is 12.3. The van der Waals surface area contributed by atoms with E-state index in [9.17, 15) is 19.2 Å². The molecule has 0 spiro atoms. The van der Waals surface area contributed by atoms with Crippen LogP contribution in [0.3, 0.4) is 0 Å². The number of aromatic nitrogens is 2. The number of esters is 2. The highest BCUT2D eigenvalue weighted by molar-refractivity contribution is 5.95. The number of carbonyl (C=O) groups excluding carboxylic acids is 4. The Balaban J connectivity index is 1.49. The molecule has 208 valence electrons. The molecule has 1 fully saturated rings. The molecule has 0 radical (unpaired) electrons. The Bertz CT molecular complexity index is 1530. The van der Waals surface area contributed by atoms with E-state index in [2.05, 4.69) is 15.5 Å². The van der Waals surface area contributed by atoms with Crippen molar-refractivity contribution in [2.45, 2.75) is 24.4 Å². The minimum Gasteiger partial charge on any atom is -0.459 e. The van der Waals surface area contributed by atoms with Crippen molar-refractivity contribution in [1.82, 2.24) is 15.5 Å². The highest BCUT2D eigenvalue weighted by Crippen LogP contribution is 2.37. The van der Waals surface area contributed by atoms with Crippen molar-refractivity contribution in [2.75, 3.05) is 6.61 Å². The van der Waals surface area contributed by atoms with E-state index in [1.54, 1.807) is 91.0 Å². The fourth-order valence-electron chi connectivity index (χ4n) is 4.58. The molecule has 2 heterocycles. The van der Waals surface area contributed by atoms with Gasteiger partial charge in [0, 0.05) is 11.1 Å². The van der Waals surface area contributed by atoms with E-state index in [0.717, 1.165) is 0 Å². The average Bonchev–Trinajstić information content (AvgIpc) is 3.62. The van der Waals surface area contributed by atoms with Crippen LogP contribution in [0.2, 0.25) is 0 Å². The zero-order valence-electron chi connectivity index (χ0n) is 21.6. The molecule has 0 saturated carbocycles. The first-order valence-electron chi connectivity index (χ1n) is 12.7. The number of H-pyrrole nitrogens is 1. The third-order valence-electron chi connectivity index (χ3n) is 6.56. The van der Waals surface area contributed by atoms with Gasteiger partial charge in [0.15, 0.2) is 6.10 Å². The molecule has 1 saturated heterocycles. The number of hydrogen-bond donors (Lipinski definition) is 3. The molecule has 3 aromatic carbocycles. The Morgan fingerprint density at radius 1 is 0.829 bits per heavy atom. The molecule has 0 unspecified atom stereocenters. The summed E-state index contributed by atoms with van der Waals surface area (Å²) in [5.41, 5.74) is 6.69. The third-order valence-corrected chi connectivity index (χ3v) is 6.56. The molecule has 1 aliphatic heterocycles. The number of benzene rings is 3. The number of amides is 2. The second-order valence-corrected chi connectivity index (χ2v) is 9.23. The number of nitrogens with two attached hydrogens (primary N) is 1. The summed E-state index contributed by atoms with van der Waals surface area (Å²) in [5, 5.41) is 9.35. The lowest BCUT2D eigenvalue weighted by Crippen LogP contribution is -2.48. The third kappa shape index (κ3) is 6.15. The van der Waals surface area contributed by atoms with Crippen LogP contribution in [0.1, 0.15) is 53.2 Å². The molecule has 1 aromatic heterocycles. The Hall–Kier alpha value is -5.29. The molecule has 11 heteroatoms. The average molecular weight is 555 g/mol. The summed E-state index contributed by atoms with van der Waals surface area (Å²) in [6.07, 6.45) is -1.87. The van der Waals surface area contributed by atoms with Crippen LogP contribution in [0.4, 0.5) is 0 Å². The zero-order valence-corrected chi connectivity index (χ0v) is 21.6. The van der Waals surface area contributed by atoms with Crippen molar-refractivity contribution in [3.05, 3.63) is 125 Å². The molecule has 4 atom stereocenters. The maximum absolute atomic E-state index is 13.3. The molecule has 0 bridgehead atoms. The number of hydrogen-bond acceptors (Lipinski definition) is 8. The fraction of sp³-hybridized carbons (Fsp3) is 0.167. The number of ether oxygens (including phenoxy) is 3. The number of nitrogens with one attached hydrogen (secondary N) is 2. The van der Waals surface area contributed by atoms with E-state index in [1.807, 2.05) is 0 Å². The van der Waals surface area contributed by atoms with Gasteiger partial charge >= 0.3 is 11.9 Å². The lowest BCUT2D eigenvalue weighted by Gasteiger charge is -2.25. The van der Waals surface area contributed by atoms with Gasteiger partial charge in [-0.3, -0.25) is 14.7 Å². The Labute approximate surface area is 234 Å². The first kappa shape index (κ1) is 27.3. The van der Waals surface area contributed by atoms with Gasteiger partial charge in [-0.05, 0) is 36.4 Å². The smallest absolute Gasteiger partial charge is 0.338 e. The van der Waals surface area contributed by atoms with E-state index in [1.165, 1.54) is 6.20 Å². The van der Waals surface area contributed by atoms with Crippen LogP contribution < -0.4 is 11.1 Å². The van der Waals surface area contributed by atoms with Gasteiger partial charge < -0.3 is 25.3 Å². The molecule has 41 heavy (non-hydrogen) atoms. The molecule has 4 aromatic rings. The van der Waals surface area contributed by atoms with Gasteiger partial charge in [-0.25, -0.2) is 9.59 Å². The van der Waals surface area contributed by atoms with Gasteiger partial charge in [0.05, 0.1) is 23.4 Å². The molecule has 5 rings (SSSR count). The van der Waals surface area contributed by atoms with Gasteiger partial charge in [0.1, 0.15) is 24.5 Å². The topological polar surface area (TPSA) is 163 Å². The summed E-state index contributed by atoms with van der Waals surface area (Å²) in [5.74, 6) is -2.57. The molecule has 4 N–H and O–H groups in total. The molecule has 0 aliphatic carbocycles. The van der Waals surface area contributed by atoms with E-state index < -0.39 is 48.1 Å². The Morgan fingerprint density at radius 2 is 1.39 bits per heavy atom. The van der Waals surface area contributed by atoms with Crippen LogP contribution >= 0.6 is 0 Å². The SMILES string of the molecule is NC(=O)c1[nH]ncc1[C@@H]1O[C@H](COC(=O)c2ccccc2)[C@@H](OC(=O)c2ccccc2)[C@H]1NC(=O)c1ccccc1. The van der Waals surface area contributed by atoms with Crippen molar-refractivity contribution in [3.8, 4) is 0 Å². The van der Waals surface area contributed by atoms with Crippen molar-refractivity contribution >= 4 is 23.8 Å². The second-order valence-electron chi connectivity index (χ2n) is 9.23. The number of nitrogens with zero attached hydrogens (tertiary/aromatic N) is 1. The summed E-state index contributed by atoms with van der Waals surface area (Å²) in [7, 11) is 0. The number of aromatic amines is 1. The quantitative estimate of drug-likeness (QED) is 0.266. The summed E-state index contributed by atoms with van der Waals surface area (Å²) >= 11 is 0. The Morgan fingerprint density at radius 3 is 1.98 bits per heavy atom. The maximum atomic E-state index is 13.3. The minimum absolute atomic E-state index is 0.0379. The number of rotatable bonds is 9. The van der Waals surface area contributed by atoms with Crippen LogP contribution in [-0.4, -0.2) is 58.8 Å². The minimum atomic E-state index is -1.14. The first-order chi connectivity index (χ1) is 19.9. The lowest BCUT2D eigenvalue weighted by atomic mass is 9.98. The van der Waals surface area contributed by atoms with Crippen molar-refractivity contribution in [1.29, 1.82) is 0 Å². The van der Waals surface area contributed by atoms with Crippen molar-refractivity contribution in [3.63, 3.8) is 0 Å². The monoisotopic (exact) mass is 554 g/mol. The van der Waals surface area contributed by atoms with E-state index in [-0.39, 0.29) is 23.4 Å². The largest absolute Gasteiger partial charge is 0.459 e. The van der Waals surface area contributed by atoms with Gasteiger partial charge in [-0.2, -0.15) is 5.10 Å². The van der Waals surface area contributed by atoms with E-state index in [0.29, 0.717) is 11.1 Å². The highest BCUT2D eigenvalue weighted by Gasteiger charge is 2.50. The summed E-state index contributed by atoms with van der Waals surface area (Å²) in [4.78, 5) is 51.3. The van der Waals surface area contributed by atoms with Crippen LogP contribution in [0, 0.1) is 0 Å². The molecular formula is C30H26N4O7. The van der Waals surface area contributed by atoms with Gasteiger partial charge in [0.2, 0.25) is 0 Å². The van der Waals surface area contributed by atoms with Crippen molar-refractivity contribution in [2.24, 2.45) is 5.73 Å². The molecule has 1 aliphatic rings. The standard InChI is InChI=1S/C30H26N4O7/c31-27(35)23-21(16-32-34-23)25-24(33-28(36)18-10-4-1-5-11-18)26(41-30(38)20-14-8-3-9-15-20)22(40-25)17-39-29(37)19-12-6-2-7-13-19/h1-16,22,24-26H,17H2,(H2,31,35)(H,32,34)(H,33,36)/t22-,24+,25+,26-/m1/s1. The predicted octanol–water partition coefficient (Wildman–Crippen LogP) is 2.83. The molecular weight excluding hydrogens is 528 g/mol. The maximum Gasteiger partial charge on any atom is 0.338 e. The lowest BCUT2D eigenvalue weighted by molar-refractivity contribution is -0.0429. The number of primary amides is 1. The fourth-order valence-corrected chi connectivity index (χ4v) is 4.58. The highest BCUT2D eigenvalue weighted by atomic mass is 16.6. The normalized spacial score (nSPS) is 19.7. The zero-order chi connectivity index (χ0) is 28.8. The number of carbonyl (C=O) groups is 4. The molecule has 11 nitrogen and oxygen atoms in total. The first-order valence-corrected chi connectivity index (χ1v) is 12.7. The summed E-state index contributed by atoms with van der Waals surface area (Å²) < 4.78 is 17.7. The summed E-state index contributed by atoms with van der Waals surface area (Å²) in [6, 6.07) is 24.0.